The van der Waals surface area contributed by atoms with Gasteiger partial charge < -0.3 is 10.4 Å². The summed E-state index contributed by atoms with van der Waals surface area (Å²) in [4.78, 5) is 2.47. The van der Waals surface area contributed by atoms with Gasteiger partial charge in [-0.3, -0.25) is 4.90 Å². The molecule has 1 aliphatic heterocycles. The van der Waals surface area contributed by atoms with Crippen LogP contribution in [0.4, 0.5) is 0 Å². The van der Waals surface area contributed by atoms with E-state index in [9.17, 15) is 0 Å². The Morgan fingerprint density at radius 1 is 1.62 bits per heavy atom. The minimum absolute atomic E-state index is 0.302. The van der Waals surface area contributed by atoms with E-state index in [1.54, 1.807) is 0 Å². The number of hydrogen-bond donors (Lipinski definition) is 2. The number of aliphatic hydroxyl groups excluding tert-OH is 1. The Hall–Kier alpha value is -0.120. The summed E-state index contributed by atoms with van der Waals surface area (Å²) < 4.78 is 0. The molecular weight excluding hydrogens is 164 g/mol. The molecule has 1 fully saturated rings. The summed E-state index contributed by atoms with van der Waals surface area (Å²) in [7, 11) is 0. The normalized spacial score (nSPS) is 25.4. The summed E-state index contributed by atoms with van der Waals surface area (Å²) in [6.45, 7) is 8.99. The summed E-state index contributed by atoms with van der Waals surface area (Å²) in [6.07, 6.45) is 1.26. The summed E-state index contributed by atoms with van der Waals surface area (Å²) in [5.41, 5.74) is 0. The van der Waals surface area contributed by atoms with Gasteiger partial charge in [-0.25, -0.2) is 0 Å². The van der Waals surface area contributed by atoms with Crippen LogP contribution in [0.2, 0.25) is 0 Å². The first-order valence-electron chi connectivity index (χ1n) is 5.33. The van der Waals surface area contributed by atoms with E-state index in [2.05, 4.69) is 24.1 Å². The number of nitrogens with one attached hydrogen (secondary N) is 1. The fourth-order valence-corrected chi connectivity index (χ4v) is 1.95. The summed E-state index contributed by atoms with van der Waals surface area (Å²) in [5, 5.41) is 12.4. The molecule has 0 aromatic rings. The van der Waals surface area contributed by atoms with Gasteiger partial charge in [0.05, 0.1) is 0 Å². The van der Waals surface area contributed by atoms with Crippen molar-refractivity contribution in [1.29, 1.82) is 0 Å². The quantitative estimate of drug-likeness (QED) is 0.648. The summed E-state index contributed by atoms with van der Waals surface area (Å²) in [6, 6.07) is 0.694. The predicted molar refractivity (Wildman–Crippen MR) is 54.8 cm³/mol. The zero-order chi connectivity index (χ0) is 9.68. The lowest BCUT2D eigenvalue weighted by Gasteiger charge is -2.28. The van der Waals surface area contributed by atoms with E-state index < -0.39 is 0 Å². The van der Waals surface area contributed by atoms with E-state index in [1.165, 1.54) is 6.42 Å². The van der Waals surface area contributed by atoms with Crippen LogP contribution in [0.1, 0.15) is 20.3 Å². The molecule has 0 aliphatic carbocycles. The van der Waals surface area contributed by atoms with E-state index in [0.717, 1.165) is 26.2 Å². The van der Waals surface area contributed by atoms with Crippen LogP contribution >= 0.6 is 0 Å². The van der Waals surface area contributed by atoms with Gasteiger partial charge in [0, 0.05) is 25.7 Å². The number of aliphatic hydroxyl groups is 1. The summed E-state index contributed by atoms with van der Waals surface area (Å²) in [5.74, 6) is 0.403. The van der Waals surface area contributed by atoms with Crippen LogP contribution < -0.4 is 5.32 Å². The van der Waals surface area contributed by atoms with Crippen LogP contribution in [0.3, 0.4) is 0 Å². The van der Waals surface area contributed by atoms with Gasteiger partial charge in [-0.1, -0.05) is 13.8 Å². The number of likely N-dealkylation sites (N-methyl/N-ethyl adjacent to an activating group) is 1. The van der Waals surface area contributed by atoms with Gasteiger partial charge in [0.2, 0.25) is 0 Å². The van der Waals surface area contributed by atoms with Crippen molar-refractivity contribution in [3.05, 3.63) is 0 Å². The average molecular weight is 186 g/mol. The molecule has 0 radical (unpaired) electrons. The Balaban J connectivity index is 2.32. The van der Waals surface area contributed by atoms with E-state index >= 15 is 0 Å². The largest absolute Gasteiger partial charge is 0.396 e. The third-order valence-corrected chi connectivity index (χ3v) is 2.81. The molecule has 13 heavy (non-hydrogen) atoms. The highest BCUT2D eigenvalue weighted by Crippen LogP contribution is 2.10. The Bertz CT molecular complexity index is 135. The van der Waals surface area contributed by atoms with Gasteiger partial charge in [-0.15, -0.1) is 0 Å². The first-order chi connectivity index (χ1) is 6.27. The molecule has 1 saturated heterocycles. The molecule has 3 heteroatoms. The van der Waals surface area contributed by atoms with E-state index in [0.29, 0.717) is 18.6 Å². The van der Waals surface area contributed by atoms with Gasteiger partial charge in [0.25, 0.3) is 0 Å². The second-order valence-corrected chi connectivity index (χ2v) is 4.02. The maximum absolute atomic E-state index is 8.98. The zero-order valence-corrected chi connectivity index (χ0v) is 8.79. The standard InChI is InChI=1S/C10H22N2O/c1-3-12(7-9(2)8-13)10-4-5-11-6-10/h9-11,13H,3-8H2,1-2H3. The van der Waals surface area contributed by atoms with Gasteiger partial charge >= 0.3 is 0 Å². The monoisotopic (exact) mass is 186 g/mol. The van der Waals surface area contributed by atoms with E-state index in [1.807, 2.05) is 0 Å². The predicted octanol–water partition coefficient (Wildman–Crippen LogP) is 0.299. The van der Waals surface area contributed by atoms with Gasteiger partial charge in [-0.05, 0) is 25.4 Å². The number of nitrogens with zero attached hydrogens (tertiary/aromatic N) is 1. The van der Waals surface area contributed by atoms with Crippen LogP contribution in [0, 0.1) is 5.92 Å². The molecule has 2 unspecified atom stereocenters. The van der Waals surface area contributed by atoms with E-state index in [-0.39, 0.29) is 0 Å². The molecule has 0 saturated carbocycles. The molecule has 1 aliphatic rings. The van der Waals surface area contributed by atoms with Crippen LogP contribution in [-0.2, 0) is 0 Å². The SMILES string of the molecule is CCN(CC(C)CO)C1CCNC1. The highest BCUT2D eigenvalue weighted by molar-refractivity contribution is 4.80. The second kappa shape index (κ2) is 5.58. The molecule has 0 amide bonds. The lowest BCUT2D eigenvalue weighted by atomic mass is 10.1. The Morgan fingerprint density at radius 3 is 2.85 bits per heavy atom. The van der Waals surface area contributed by atoms with Gasteiger partial charge in [0.15, 0.2) is 0 Å². The van der Waals surface area contributed by atoms with Gasteiger partial charge in [0.1, 0.15) is 0 Å². The summed E-state index contributed by atoms with van der Waals surface area (Å²) >= 11 is 0. The Morgan fingerprint density at radius 2 is 2.38 bits per heavy atom. The van der Waals surface area contributed by atoms with Gasteiger partial charge in [-0.2, -0.15) is 0 Å². The van der Waals surface area contributed by atoms with Crippen LogP contribution in [0.5, 0.6) is 0 Å². The van der Waals surface area contributed by atoms with Crippen molar-refractivity contribution in [1.82, 2.24) is 10.2 Å². The molecule has 3 nitrogen and oxygen atoms in total. The average Bonchev–Trinajstić information content (AvgIpc) is 2.66. The topological polar surface area (TPSA) is 35.5 Å². The van der Waals surface area contributed by atoms with Crippen molar-refractivity contribution in [2.45, 2.75) is 26.3 Å². The molecule has 2 N–H and O–H groups in total. The highest BCUT2D eigenvalue weighted by atomic mass is 16.3. The number of rotatable bonds is 5. The molecule has 0 aromatic carbocycles. The van der Waals surface area contributed by atoms with Crippen molar-refractivity contribution in [2.75, 3.05) is 32.8 Å². The molecule has 0 spiro atoms. The molecule has 2 atom stereocenters. The smallest absolute Gasteiger partial charge is 0.0468 e. The van der Waals surface area contributed by atoms with E-state index in [4.69, 9.17) is 5.11 Å². The van der Waals surface area contributed by atoms with Crippen molar-refractivity contribution in [3.8, 4) is 0 Å². The lowest BCUT2D eigenvalue weighted by Crippen LogP contribution is -2.40. The fraction of sp³-hybridized carbons (Fsp3) is 1.00. The fourth-order valence-electron chi connectivity index (χ4n) is 1.95. The number of hydrogen-bond acceptors (Lipinski definition) is 3. The van der Waals surface area contributed by atoms with Crippen LogP contribution in [-0.4, -0.2) is 48.8 Å². The molecule has 0 bridgehead atoms. The maximum atomic E-state index is 8.98. The highest BCUT2D eigenvalue weighted by Gasteiger charge is 2.21. The minimum Gasteiger partial charge on any atom is -0.396 e. The Kier molecular flexibility index (Phi) is 4.70. The zero-order valence-electron chi connectivity index (χ0n) is 8.79. The molecule has 1 heterocycles. The molecule has 78 valence electrons. The maximum Gasteiger partial charge on any atom is 0.0468 e. The first-order valence-corrected chi connectivity index (χ1v) is 5.33. The van der Waals surface area contributed by atoms with Crippen molar-refractivity contribution < 1.29 is 5.11 Å². The first kappa shape index (κ1) is 11.0. The third kappa shape index (κ3) is 3.25. The molecular formula is C10H22N2O. The molecule has 1 rings (SSSR count). The third-order valence-electron chi connectivity index (χ3n) is 2.81. The molecule has 0 aromatic heterocycles. The van der Waals surface area contributed by atoms with Crippen molar-refractivity contribution in [3.63, 3.8) is 0 Å². The Labute approximate surface area is 81.1 Å². The minimum atomic E-state index is 0.302. The van der Waals surface area contributed by atoms with Crippen LogP contribution in [0.25, 0.3) is 0 Å². The van der Waals surface area contributed by atoms with Crippen molar-refractivity contribution >= 4 is 0 Å². The van der Waals surface area contributed by atoms with Crippen LogP contribution in [0.15, 0.2) is 0 Å². The lowest BCUT2D eigenvalue weighted by molar-refractivity contribution is 0.148. The van der Waals surface area contributed by atoms with Crippen molar-refractivity contribution in [2.24, 2.45) is 5.92 Å². The second-order valence-electron chi connectivity index (χ2n) is 4.02.